The Morgan fingerprint density at radius 2 is 2.00 bits per heavy atom. The topological polar surface area (TPSA) is 43.4 Å². The molecule has 0 spiro atoms. The summed E-state index contributed by atoms with van der Waals surface area (Å²) in [6.45, 7) is 3.04. The molecule has 0 saturated heterocycles. The number of hydrogen-bond acceptors (Lipinski definition) is 3. The van der Waals surface area contributed by atoms with Gasteiger partial charge in [-0.1, -0.05) is 12.1 Å². The number of methoxy groups -OCH3 is 1. The van der Waals surface area contributed by atoms with Crippen LogP contribution in [0.5, 0.6) is 0 Å². The first-order valence-corrected chi connectivity index (χ1v) is 4.85. The maximum atomic E-state index is 13.2. The number of esters is 1. The van der Waals surface area contributed by atoms with Gasteiger partial charge in [-0.2, -0.15) is 0 Å². The standard InChI is InChI=1S/C12H13FO3/c1-7-4-5-9(6-10(7)13)11(14)8(2)12(15)16-3/h4-6,8H,1-3H3. The first-order valence-electron chi connectivity index (χ1n) is 4.85. The molecule has 0 aliphatic heterocycles. The molecule has 0 heterocycles. The molecule has 0 aliphatic rings. The molecule has 1 aromatic carbocycles. The highest BCUT2D eigenvalue weighted by Crippen LogP contribution is 2.14. The number of carbonyl (C=O) groups excluding carboxylic acids is 2. The van der Waals surface area contributed by atoms with Crippen molar-refractivity contribution in [2.24, 2.45) is 5.92 Å². The summed E-state index contributed by atoms with van der Waals surface area (Å²) in [6.07, 6.45) is 0. The van der Waals surface area contributed by atoms with E-state index in [1.54, 1.807) is 6.92 Å². The summed E-state index contributed by atoms with van der Waals surface area (Å²) in [6, 6.07) is 4.14. The minimum absolute atomic E-state index is 0.181. The molecule has 4 heteroatoms. The lowest BCUT2D eigenvalue weighted by Gasteiger charge is -2.08. The zero-order chi connectivity index (χ0) is 12.3. The van der Waals surface area contributed by atoms with Crippen LogP contribution in [0, 0.1) is 18.7 Å². The predicted octanol–water partition coefficient (Wildman–Crippen LogP) is 2.13. The Balaban J connectivity index is 2.97. The van der Waals surface area contributed by atoms with E-state index in [9.17, 15) is 14.0 Å². The smallest absolute Gasteiger partial charge is 0.316 e. The van der Waals surface area contributed by atoms with Crippen molar-refractivity contribution in [2.75, 3.05) is 7.11 Å². The molecule has 1 aromatic rings. The van der Waals surface area contributed by atoms with Crippen LogP contribution in [0.3, 0.4) is 0 Å². The lowest BCUT2D eigenvalue weighted by molar-refractivity contribution is -0.143. The molecular formula is C12H13FO3. The van der Waals surface area contributed by atoms with Crippen LogP contribution in [0.15, 0.2) is 18.2 Å². The van der Waals surface area contributed by atoms with Gasteiger partial charge in [-0.3, -0.25) is 9.59 Å². The molecule has 0 N–H and O–H groups in total. The van der Waals surface area contributed by atoms with E-state index in [-0.39, 0.29) is 5.56 Å². The second-order valence-corrected chi connectivity index (χ2v) is 3.57. The molecule has 0 amide bonds. The molecule has 1 rings (SSSR count). The number of rotatable bonds is 3. The lowest BCUT2D eigenvalue weighted by Crippen LogP contribution is -2.22. The quantitative estimate of drug-likeness (QED) is 0.448. The van der Waals surface area contributed by atoms with Crippen LogP contribution in [0.4, 0.5) is 4.39 Å². The average molecular weight is 224 g/mol. The van der Waals surface area contributed by atoms with Gasteiger partial charge in [0.1, 0.15) is 11.7 Å². The Morgan fingerprint density at radius 1 is 1.38 bits per heavy atom. The molecular weight excluding hydrogens is 211 g/mol. The second-order valence-electron chi connectivity index (χ2n) is 3.57. The summed E-state index contributed by atoms with van der Waals surface area (Å²) in [4.78, 5) is 22.9. The fourth-order valence-electron chi connectivity index (χ4n) is 1.28. The van der Waals surface area contributed by atoms with Crippen molar-refractivity contribution in [2.45, 2.75) is 13.8 Å². The third-order valence-corrected chi connectivity index (χ3v) is 2.40. The van der Waals surface area contributed by atoms with Crippen molar-refractivity contribution in [1.29, 1.82) is 0 Å². The van der Waals surface area contributed by atoms with E-state index in [2.05, 4.69) is 4.74 Å². The van der Waals surface area contributed by atoms with Gasteiger partial charge in [-0.15, -0.1) is 0 Å². The highest BCUT2D eigenvalue weighted by atomic mass is 19.1. The van der Waals surface area contributed by atoms with Gasteiger partial charge in [0.15, 0.2) is 5.78 Å². The molecule has 0 bridgehead atoms. The number of aryl methyl sites for hydroxylation is 1. The summed E-state index contributed by atoms with van der Waals surface area (Å²) < 4.78 is 17.7. The van der Waals surface area contributed by atoms with Crippen molar-refractivity contribution in [1.82, 2.24) is 0 Å². The summed E-state index contributed by atoms with van der Waals surface area (Å²) in [5, 5.41) is 0. The van der Waals surface area contributed by atoms with Gasteiger partial charge >= 0.3 is 5.97 Å². The van der Waals surface area contributed by atoms with Gasteiger partial charge < -0.3 is 4.74 Å². The Kier molecular flexibility index (Phi) is 3.77. The van der Waals surface area contributed by atoms with E-state index in [1.807, 2.05) is 0 Å². The Labute approximate surface area is 93.2 Å². The van der Waals surface area contributed by atoms with Crippen molar-refractivity contribution in [3.05, 3.63) is 35.1 Å². The maximum Gasteiger partial charge on any atom is 0.316 e. The molecule has 3 nitrogen and oxygen atoms in total. The van der Waals surface area contributed by atoms with Crippen molar-refractivity contribution < 1.29 is 18.7 Å². The van der Waals surface area contributed by atoms with E-state index in [0.717, 1.165) is 6.07 Å². The zero-order valence-electron chi connectivity index (χ0n) is 9.41. The van der Waals surface area contributed by atoms with E-state index in [4.69, 9.17) is 0 Å². The number of carbonyl (C=O) groups is 2. The monoisotopic (exact) mass is 224 g/mol. The van der Waals surface area contributed by atoms with E-state index in [1.165, 1.54) is 26.2 Å². The molecule has 0 radical (unpaired) electrons. The molecule has 0 aromatic heterocycles. The number of benzene rings is 1. The fraction of sp³-hybridized carbons (Fsp3) is 0.333. The van der Waals surface area contributed by atoms with E-state index in [0.29, 0.717) is 5.56 Å². The molecule has 16 heavy (non-hydrogen) atoms. The number of ketones is 1. The van der Waals surface area contributed by atoms with E-state index >= 15 is 0 Å². The molecule has 1 unspecified atom stereocenters. The highest BCUT2D eigenvalue weighted by molar-refractivity contribution is 6.08. The first kappa shape index (κ1) is 12.4. The van der Waals surface area contributed by atoms with Gasteiger partial charge in [0.05, 0.1) is 7.11 Å². The minimum atomic E-state index is -0.910. The van der Waals surface area contributed by atoms with Crippen LogP contribution < -0.4 is 0 Å². The van der Waals surface area contributed by atoms with Gasteiger partial charge in [-0.05, 0) is 25.5 Å². The Bertz CT molecular complexity index is 426. The molecule has 86 valence electrons. The SMILES string of the molecule is COC(=O)C(C)C(=O)c1ccc(C)c(F)c1. The molecule has 1 atom stereocenters. The number of ether oxygens (including phenoxy) is 1. The van der Waals surface area contributed by atoms with Gasteiger partial charge in [0.2, 0.25) is 0 Å². The third kappa shape index (κ3) is 2.45. The zero-order valence-corrected chi connectivity index (χ0v) is 9.41. The summed E-state index contributed by atoms with van der Waals surface area (Å²) >= 11 is 0. The molecule has 0 aliphatic carbocycles. The molecule has 0 saturated carbocycles. The lowest BCUT2D eigenvalue weighted by atomic mass is 9.98. The third-order valence-electron chi connectivity index (χ3n) is 2.40. The Morgan fingerprint density at radius 3 is 2.50 bits per heavy atom. The van der Waals surface area contributed by atoms with Crippen molar-refractivity contribution in [3.63, 3.8) is 0 Å². The molecule has 0 fully saturated rings. The van der Waals surface area contributed by atoms with Gasteiger partial charge in [0, 0.05) is 5.56 Å². The number of Topliss-reactive ketones (excluding diaryl/α,β-unsaturated/α-hetero) is 1. The summed E-state index contributed by atoms with van der Waals surface area (Å²) in [5.74, 6) is -2.42. The normalized spacial score (nSPS) is 12.0. The van der Waals surface area contributed by atoms with Crippen molar-refractivity contribution in [3.8, 4) is 0 Å². The predicted molar refractivity (Wildman–Crippen MR) is 56.6 cm³/mol. The van der Waals surface area contributed by atoms with Crippen LogP contribution in [0.1, 0.15) is 22.8 Å². The van der Waals surface area contributed by atoms with Crippen LogP contribution >= 0.6 is 0 Å². The van der Waals surface area contributed by atoms with Crippen LogP contribution in [-0.2, 0) is 9.53 Å². The minimum Gasteiger partial charge on any atom is -0.468 e. The largest absolute Gasteiger partial charge is 0.468 e. The van der Waals surface area contributed by atoms with Crippen molar-refractivity contribution >= 4 is 11.8 Å². The number of hydrogen-bond donors (Lipinski definition) is 0. The van der Waals surface area contributed by atoms with Gasteiger partial charge in [0.25, 0.3) is 0 Å². The summed E-state index contributed by atoms with van der Waals surface area (Å²) in [5.41, 5.74) is 0.642. The highest BCUT2D eigenvalue weighted by Gasteiger charge is 2.23. The summed E-state index contributed by atoms with van der Waals surface area (Å²) in [7, 11) is 1.21. The number of halogens is 1. The second kappa shape index (κ2) is 4.88. The van der Waals surface area contributed by atoms with Crippen LogP contribution in [0.2, 0.25) is 0 Å². The average Bonchev–Trinajstić information content (AvgIpc) is 2.29. The van der Waals surface area contributed by atoms with Crippen LogP contribution in [-0.4, -0.2) is 18.9 Å². The van der Waals surface area contributed by atoms with E-state index < -0.39 is 23.5 Å². The Hall–Kier alpha value is -1.71. The van der Waals surface area contributed by atoms with Crippen LogP contribution in [0.25, 0.3) is 0 Å². The van der Waals surface area contributed by atoms with Gasteiger partial charge in [-0.25, -0.2) is 4.39 Å². The fourth-order valence-corrected chi connectivity index (χ4v) is 1.28. The first-order chi connectivity index (χ1) is 7.47. The maximum absolute atomic E-state index is 13.2.